The molecule has 2 rings (SSSR count). The predicted octanol–water partition coefficient (Wildman–Crippen LogP) is 1.50. The van der Waals surface area contributed by atoms with Crippen molar-refractivity contribution in [3.05, 3.63) is 28.2 Å². The fourth-order valence-electron chi connectivity index (χ4n) is 2.15. The maximum absolute atomic E-state index is 9.52. The molecule has 0 spiro atoms. The highest BCUT2D eigenvalue weighted by Gasteiger charge is 2.20. The Morgan fingerprint density at radius 1 is 1.39 bits per heavy atom. The zero-order chi connectivity index (χ0) is 13.1. The Bertz CT molecular complexity index is 457. The number of rotatable bonds is 2. The molecule has 1 aromatic carbocycles. The van der Waals surface area contributed by atoms with Crippen molar-refractivity contribution in [1.29, 1.82) is 0 Å². The molecule has 0 amide bonds. The highest BCUT2D eigenvalue weighted by atomic mass is 79.9. The fourth-order valence-corrected chi connectivity index (χ4v) is 2.51. The Hall–Kier alpha value is -1.27. The van der Waals surface area contributed by atoms with E-state index in [9.17, 15) is 5.11 Å². The van der Waals surface area contributed by atoms with Gasteiger partial charge in [-0.15, -0.1) is 0 Å². The monoisotopic (exact) mass is 313 g/mol. The summed E-state index contributed by atoms with van der Waals surface area (Å²) in [7, 11) is 0. The summed E-state index contributed by atoms with van der Waals surface area (Å²) in [4.78, 5) is 2.15. The van der Waals surface area contributed by atoms with Crippen LogP contribution in [0.15, 0.2) is 27.8 Å². The molecule has 0 atom stereocenters. The molecule has 1 aliphatic heterocycles. The lowest BCUT2D eigenvalue weighted by atomic mass is 10.0. The topological polar surface area (TPSA) is 82.1 Å². The third kappa shape index (κ3) is 2.76. The van der Waals surface area contributed by atoms with Crippen LogP contribution in [0.2, 0.25) is 0 Å². The Morgan fingerprint density at radius 2 is 2.06 bits per heavy atom. The second kappa shape index (κ2) is 5.58. The molecule has 4 N–H and O–H groups in total. The maximum Gasteiger partial charge on any atom is 0.172 e. The van der Waals surface area contributed by atoms with Crippen LogP contribution in [0.25, 0.3) is 0 Å². The molecule has 1 saturated heterocycles. The molecule has 0 unspecified atom stereocenters. The Kier molecular flexibility index (Phi) is 4.08. The summed E-state index contributed by atoms with van der Waals surface area (Å²) in [6.07, 6.45) is 1.26. The van der Waals surface area contributed by atoms with Gasteiger partial charge in [0.05, 0.1) is 6.10 Å². The number of piperidine rings is 1. The van der Waals surface area contributed by atoms with Crippen molar-refractivity contribution in [2.24, 2.45) is 10.9 Å². The minimum Gasteiger partial charge on any atom is -0.409 e. The van der Waals surface area contributed by atoms with E-state index in [0.29, 0.717) is 5.56 Å². The van der Waals surface area contributed by atoms with Gasteiger partial charge in [0.15, 0.2) is 5.84 Å². The minimum absolute atomic E-state index is 0.0948. The van der Waals surface area contributed by atoms with E-state index >= 15 is 0 Å². The van der Waals surface area contributed by atoms with Crippen molar-refractivity contribution in [2.45, 2.75) is 18.9 Å². The first-order chi connectivity index (χ1) is 8.61. The summed E-state index contributed by atoms with van der Waals surface area (Å²) in [5.74, 6) is 0.0948. The van der Waals surface area contributed by atoms with E-state index in [2.05, 4.69) is 26.0 Å². The van der Waals surface area contributed by atoms with Gasteiger partial charge in [-0.3, -0.25) is 0 Å². The molecule has 0 saturated carbocycles. The quantitative estimate of drug-likeness (QED) is 0.334. The maximum atomic E-state index is 9.52. The third-order valence-electron chi connectivity index (χ3n) is 3.15. The van der Waals surface area contributed by atoms with Crippen LogP contribution in [0, 0.1) is 0 Å². The van der Waals surface area contributed by atoms with Crippen LogP contribution >= 0.6 is 15.9 Å². The first-order valence-electron chi connectivity index (χ1n) is 5.82. The number of anilines is 1. The molecule has 0 aliphatic carbocycles. The normalized spacial score (nSPS) is 18.1. The van der Waals surface area contributed by atoms with Crippen LogP contribution in [-0.4, -0.2) is 35.3 Å². The average molecular weight is 314 g/mol. The van der Waals surface area contributed by atoms with Crippen LogP contribution in [0.3, 0.4) is 0 Å². The van der Waals surface area contributed by atoms with Gasteiger partial charge in [0.25, 0.3) is 0 Å². The zero-order valence-electron chi connectivity index (χ0n) is 9.88. The summed E-state index contributed by atoms with van der Waals surface area (Å²) >= 11 is 3.38. The number of benzene rings is 1. The van der Waals surface area contributed by atoms with Crippen LogP contribution < -0.4 is 10.6 Å². The summed E-state index contributed by atoms with van der Waals surface area (Å²) in [5.41, 5.74) is 7.33. The molecule has 0 radical (unpaired) electrons. The molecular weight excluding hydrogens is 298 g/mol. The third-order valence-corrected chi connectivity index (χ3v) is 3.64. The number of oxime groups is 1. The number of hydrogen-bond donors (Lipinski definition) is 3. The van der Waals surface area contributed by atoms with Gasteiger partial charge in [-0.2, -0.15) is 0 Å². The molecule has 18 heavy (non-hydrogen) atoms. The molecule has 98 valence electrons. The summed E-state index contributed by atoms with van der Waals surface area (Å²) in [6.45, 7) is 1.54. The van der Waals surface area contributed by atoms with Gasteiger partial charge >= 0.3 is 0 Å². The van der Waals surface area contributed by atoms with Crippen LogP contribution in [0.1, 0.15) is 18.4 Å². The van der Waals surface area contributed by atoms with Crippen molar-refractivity contribution in [1.82, 2.24) is 0 Å². The molecule has 6 heteroatoms. The Morgan fingerprint density at radius 3 is 2.67 bits per heavy atom. The number of nitrogens with zero attached hydrogens (tertiary/aromatic N) is 2. The van der Waals surface area contributed by atoms with Gasteiger partial charge in [0.2, 0.25) is 0 Å². The van der Waals surface area contributed by atoms with Crippen molar-refractivity contribution in [3.8, 4) is 0 Å². The van der Waals surface area contributed by atoms with Gasteiger partial charge in [0, 0.05) is 28.8 Å². The van der Waals surface area contributed by atoms with Gasteiger partial charge in [-0.1, -0.05) is 21.1 Å². The first kappa shape index (κ1) is 13.2. The van der Waals surface area contributed by atoms with E-state index in [1.54, 1.807) is 0 Å². The summed E-state index contributed by atoms with van der Waals surface area (Å²) in [6, 6.07) is 5.69. The highest BCUT2D eigenvalue weighted by Crippen LogP contribution is 2.27. The molecule has 0 bridgehead atoms. The van der Waals surface area contributed by atoms with E-state index in [1.165, 1.54) is 0 Å². The lowest BCUT2D eigenvalue weighted by Crippen LogP contribution is -2.37. The predicted molar refractivity (Wildman–Crippen MR) is 74.1 cm³/mol. The molecule has 0 aromatic heterocycles. The fraction of sp³-hybridized carbons (Fsp3) is 0.417. The molecule has 1 aliphatic rings. The number of amidine groups is 1. The van der Waals surface area contributed by atoms with Gasteiger partial charge < -0.3 is 20.9 Å². The van der Waals surface area contributed by atoms with E-state index in [4.69, 9.17) is 10.9 Å². The molecular formula is C12H16BrN3O2. The van der Waals surface area contributed by atoms with Crippen LogP contribution in [-0.2, 0) is 0 Å². The van der Waals surface area contributed by atoms with Crippen LogP contribution in [0.4, 0.5) is 5.69 Å². The number of nitrogens with two attached hydrogens (primary N) is 1. The van der Waals surface area contributed by atoms with Crippen molar-refractivity contribution in [2.75, 3.05) is 18.0 Å². The van der Waals surface area contributed by atoms with E-state index < -0.39 is 0 Å². The molecule has 1 aromatic rings. The molecule has 1 fully saturated rings. The van der Waals surface area contributed by atoms with Gasteiger partial charge in [-0.25, -0.2) is 0 Å². The largest absolute Gasteiger partial charge is 0.409 e. The van der Waals surface area contributed by atoms with Gasteiger partial charge in [0.1, 0.15) is 0 Å². The molecule has 1 heterocycles. The second-order valence-corrected chi connectivity index (χ2v) is 5.28. The number of hydrogen-bond acceptors (Lipinski definition) is 4. The SMILES string of the molecule is N/C(=N/O)c1cc(Br)ccc1N1CCC(O)CC1. The van der Waals surface area contributed by atoms with Crippen molar-refractivity contribution >= 4 is 27.5 Å². The number of aliphatic hydroxyl groups excluding tert-OH is 1. The first-order valence-corrected chi connectivity index (χ1v) is 6.61. The van der Waals surface area contributed by atoms with Gasteiger partial charge in [-0.05, 0) is 31.0 Å². The van der Waals surface area contributed by atoms with E-state index in [-0.39, 0.29) is 11.9 Å². The standard InChI is InChI=1S/C12H16BrN3O2/c13-8-1-2-11(10(7-8)12(14)15-18)16-5-3-9(17)4-6-16/h1-2,7,9,17-18H,3-6H2,(H2,14,15). The smallest absolute Gasteiger partial charge is 0.172 e. The van der Waals surface area contributed by atoms with E-state index in [1.807, 2.05) is 18.2 Å². The molecule has 5 nitrogen and oxygen atoms in total. The summed E-state index contributed by atoms with van der Waals surface area (Å²) < 4.78 is 0.880. The van der Waals surface area contributed by atoms with Crippen molar-refractivity contribution < 1.29 is 10.3 Å². The number of aliphatic hydroxyl groups is 1. The second-order valence-electron chi connectivity index (χ2n) is 4.36. The zero-order valence-corrected chi connectivity index (χ0v) is 11.5. The lowest BCUT2D eigenvalue weighted by molar-refractivity contribution is 0.145. The Balaban J connectivity index is 2.32. The van der Waals surface area contributed by atoms with Crippen LogP contribution in [0.5, 0.6) is 0 Å². The van der Waals surface area contributed by atoms with E-state index in [0.717, 1.165) is 36.1 Å². The number of halogens is 1. The minimum atomic E-state index is -0.219. The van der Waals surface area contributed by atoms with Crippen molar-refractivity contribution in [3.63, 3.8) is 0 Å². The summed E-state index contributed by atoms with van der Waals surface area (Å²) in [5, 5.41) is 21.4. The Labute approximate surface area is 114 Å². The average Bonchev–Trinajstić information content (AvgIpc) is 2.39. The highest BCUT2D eigenvalue weighted by molar-refractivity contribution is 9.10. The lowest BCUT2D eigenvalue weighted by Gasteiger charge is -2.32.